The third kappa shape index (κ3) is 14.0. The fraction of sp³-hybridized carbons (Fsp3) is 0.148. The molecule has 0 amide bonds. The van der Waals surface area contributed by atoms with E-state index in [1.807, 2.05) is 0 Å². The number of fused-ring (bicyclic) bond motifs is 2. The van der Waals surface area contributed by atoms with Crippen LogP contribution in [0.15, 0.2) is 146 Å². The van der Waals surface area contributed by atoms with Crippen LogP contribution in [0, 0.1) is 11.8 Å². The number of Topliss-reactive ketones (excluding diaryl/α,β-unsaturated/α-hetero) is 2. The summed E-state index contributed by atoms with van der Waals surface area (Å²) in [7, 11) is 3.03. The van der Waals surface area contributed by atoms with Crippen LogP contribution in [0.25, 0.3) is 11.1 Å². The van der Waals surface area contributed by atoms with Crippen molar-refractivity contribution in [1.82, 2.24) is 0 Å². The molecule has 2 N–H and O–H groups in total. The van der Waals surface area contributed by atoms with Gasteiger partial charge in [-0.05, 0) is 132 Å². The molecule has 2 heterocycles. The van der Waals surface area contributed by atoms with Crippen molar-refractivity contribution < 1.29 is 137 Å². The number of ether oxygens (including phenoxy) is 6. The van der Waals surface area contributed by atoms with E-state index in [4.69, 9.17) is 38.6 Å². The summed E-state index contributed by atoms with van der Waals surface area (Å²) in [5, 5.41) is 42.5. The standard InChI is InChI=1S/2C27H22O8.2Na/c2*1-33-21-9-6-17(7-10-21)25(28)20(12-16-2-4-18(5-3-16)26(29)30)13-22(27(31)32)19-8-11-23-24(14-19)35-15-34-23;;/h2*2-11,13-14,20H,12,15H2,1H3,(H,29,30)(H,31,32);;/q;;2*+1/p-2. The fourth-order valence-corrected chi connectivity index (χ4v) is 7.56. The monoisotopic (exact) mass is 992 g/mol. The van der Waals surface area contributed by atoms with E-state index in [2.05, 4.69) is 0 Å². The van der Waals surface area contributed by atoms with Crippen LogP contribution in [0.1, 0.15) is 63.7 Å². The molecule has 18 heteroatoms. The van der Waals surface area contributed by atoms with Crippen LogP contribution in [0.2, 0.25) is 0 Å². The number of aromatic carboxylic acids is 2. The first-order chi connectivity index (χ1) is 33.7. The van der Waals surface area contributed by atoms with E-state index in [1.54, 1.807) is 97.1 Å². The van der Waals surface area contributed by atoms with E-state index in [0.29, 0.717) is 67.9 Å². The molecular weight excluding hydrogens is 951 g/mol. The number of carboxylic acids is 4. The molecule has 2 aliphatic rings. The van der Waals surface area contributed by atoms with Crippen LogP contribution in [0.5, 0.6) is 34.5 Å². The van der Waals surface area contributed by atoms with Gasteiger partial charge in [-0.15, -0.1) is 0 Å². The molecule has 356 valence electrons. The van der Waals surface area contributed by atoms with Crippen LogP contribution in [-0.4, -0.2) is 73.5 Å². The van der Waals surface area contributed by atoms with Gasteiger partial charge in [0.2, 0.25) is 13.6 Å². The van der Waals surface area contributed by atoms with E-state index < -0.39 is 35.7 Å². The van der Waals surface area contributed by atoms with Gasteiger partial charge in [-0.3, -0.25) is 9.59 Å². The summed E-state index contributed by atoms with van der Waals surface area (Å²) in [4.78, 5) is 73.5. The minimum absolute atomic E-state index is 0. The first-order valence-electron chi connectivity index (χ1n) is 21.4. The van der Waals surface area contributed by atoms with Crippen LogP contribution in [0.3, 0.4) is 0 Å². The molecule has 6 aromatic carbocycles. The Balaban J connectivity index is 0.000000260. The molecule has 0 spiro atoms. The Morgan fingerprint density at radius 1 is 0.472 bits per heavy atom. The zero-order valence-corrected chi connectivity index (χ0v) is 43.4. The van der Waals surface area contributed by atoms with Crippen molar-refractivity contribution in [1.29, 1.82) is 0 Å². The van der Waals surface area contributed by atoms with Crippen molar-refractivity contribution in [2.75, 3.05) is 27.8 Å². The Labute approximate surface area is 457 Å². The molecule has 16 nitrogen and oxygen atoms in total. The normalized spacial score (nSPS) is 12.9. The Morgan fingerprint density at radius 3 is 1.08 bits per heavy atom. The summed E-state index contributed by atoms with van der Waals surface area (Å²) in [6, 6.07) is 34.5. The third-order valence-electron chi connectivity index (χ3n) is 11.3. The van der Waals surface area contributed by atoms with Gasteiger partial charge in [0, 0.05) is 34.1 Å². The number of allylic oxidation sites excluding steroid dienone is 2. The number of carbonyl (C=O) groups is 6. The number of hydrogen-bond donors (Lipinski definition) is 2. The molecule has 0 fully saturated rings. The molecule has 0 bridgehead atoms. The first kappa shape index (κ1) is 55.7. The molecule has 2 atom stereocenters. The molecule has 0 radical (unpaired) electrons. The second-order valence-corrected chi connectivity index (χ2v) is 15.7. The van der Waals surface area contributed by atoms with Gasteiger partial charge in [-0.1, -0.05) is 48.6 Å². The molecular formula is C54H42Na2O16. The molecule has 72 heavy (non-hydrogen) atoms. The molecule has 0 aliphatic carbocycles. The van der Waals surface area contributed by atoms with Crippen molar-refractivity contribution in [2.45, 2.75) is 12.8 Å². The Morgan fingerprint density at radius 2 is 0.778 bits per heavy atom. The summed E-state index contributed by atoms with van der Waals surface area (Å²) in [6.45, 7) is 0.0716. The van der Waals surface area contributed by atoms with Gasteiger partial charge in [-0.25, -0.2) is 9.59 Å². The van der Waals surface area contributed by atoms with Gasteiger partial charge in [0.1, 0.15) is 11.5 Å². The number of carbonyl (C=O) groups excluding carboxylic acids is 4. The molecule has 2 aliphatic heterocycles. The van der Waals surface area contributed by atoms with Crippen molar-refractivity contribution in [3.63, 3.8) is 0 Å². The van der Waals surface area contributed by atoms with E-state index in [1.165, 1.54) is 62.8 Å². The quantitative estimate of drug-likeness (QED) is 0.0654. The predicted octanol–water partition coefficient (Wildman–Crippen LogP) is 0.00240. The van der Waals surface area contributed by atoms with Crippen molar-refractivity contribution in [3.05, 3.63) is 190 Å². The van der Waals surface area contributed by atoms with Crippen molar-refractivity contribution >= 4 is 46.6 Å². The largest absolute Gasteiger partial charge is 1.00 e. The second kappa shape index (κ2) is 25.8. The van der Waals surface area contributed by atoms with Crippen molar-refractivity contribution in [2.24, 2.45) is 11.8 Å². The summed E-state index contributed by atoms with van der Waals surface area (Å²) in [6.07, 6.45) is 3.02. The fourth-order valence-electron chi connectivity index (χ4n) is 7.56. The first-order valence-corrected chi connectivity index (χ1v) is 21.4. The molecule has 0 aromatic heterocycles. The van der Waals surface area contributed by atoms with Gasteiger partial charge < -0.3 is 58.4 Å². The predicted molar refractivity (Wildman–Crippen MR) is 247 cm³/mol. The number of benzene rings is 6. The van der Waals surface area contributed by atoms with E-state index in [0.717, 1.165) is 0 Å². The van der Waals surface area contributed by atoms with E-state index >= 15 is 0 Å². The average Bonchev–Trinajstić information content (AvgIpc) is 4.06. The van der Waals surface area contributed by atoms with Gasteiger partial charge in [0.05, 0.1) is 37.3 Å². The smallest absolute Gasteiger partial charge is 0.545 e. The number of rotatable bonds is 18. The third-order valence-corrected chi connectivity index (χ3v) is 11.3. The maximum absolute atomic E-state index is 13.5. The zero-order valence-electron chi connectivity index (χ0n) is 39.4. The van der Waals surface area contributed by atoms with Crippen LogP contribution in [0.4, 0.5) is 0 Å². The molecule has 8 rings (SSSR count). The summed E-state index contributed by atoms with van der Waals surface area (Å²) in [5.41, 5.74) is 2.58. The van der Waals surface area contributed by atoms with Crippen molar-refractivity contribution in [3.8, 4) is 34.5 Å². The minimum Gasteiger partial charge on any atom is -0.545 e. The molecule has 0 saturated heterocycles. The molecule has 2 unspecified atom stereocenters. The van der Waals surface area contributed by atoms with Crippen LogP contribution in [-0.2, 0) is 22.4 Å². The second-order valence-electron chi connectivity index (χ2n) is 15.7. The number of carboxylic acid groups (broad SMARTS) is 4. The van der Waals surface area contributed by atoms with E-state index in [-0.39, 0.29) is 119 Å². The number of ketones is 2. The van der Waals surface area contributed by atoms with Crippen LogP contribution >= 0.6 is 0 Å². The topological polar surface area (TPSA) is 244 Å². The Kier molecular flexibility index (Phi) is 20.0. The van der Waals surface area contributed by atoms with Gasteiger partial charge >= 0.3 is 71.1 Å². The van der Waals surface area contributed by atoms with Gasteiger partial charge in [-0.2, -0.15) is 0 Å². The number of hydrogen-bond acceptors (Lipinski definition) is 14. The van der Waals surface area contributed by atoms with Gasteiger partial charge in [0.15, 0.2) is 34.6 Å². The van der Waals surface area contributed by atoms with E-state index in [9.17, 15) is 39.0 Å². The maximum Gasteiger partial charge on any atom is 1.00 e. The Bertz CT molecular complexity index is 2800. The van der Waals surface area contributed by atoms with Gasteiger partial charge in [0.25, 0.3) is 0 Å². The number of aliphatic carboxylic acids is 2. The minimum atomic E-state index is -1.45. The molecule has 0 saturated carbocycles. The van der Waals surface area contributed by atoms with Crippen LogP contribution < -0.4 is 97.7 Å². The summed E-state index contributed by atoms with van der Waals surface area (Å²) >= 11 is 0. The zero-order chi connectivity index (χ0) is 49.9. The average molecular weight is 993 g/mol. The summed E-state index contributed by atoms with van der Waals surface area (Å²) < 4.78 is 31.6. The maximum atomic E-state index is 13.5. The summed E-state index contributed by atoms with van der Waals surface area (Å²) in [5.74, 6) is -4.45. The SMILES string of the molecule is COc1ccc(C(=O)C(C=C(C(=O)[O-])c2ccc3c(c2)OCO3)Cc2ccc(C(=O)O)cc2)cc1.COc1ccc(C(=O)C(C=C(C(=O)[O-])c2ccc3c(c2)OCO3)Cc2ccc(C(=O)O)cc2)cc1.[Na+].[Na+]. The Hall–Kier alpha value is -7.18. The molecule has 6 aromatic rings. The number of methoxy groups -OCH3 is 2.